The predicted molar refractivity (Wildman–Crippen MR) is 96.3 cm³/mol. The molecular weight excluding hydrogens is 314 g/mol. The summed E-state index contributed by atoms with van der Waals surface area (Å²) in [5, 5.41) is 0. The third-order valence-corrected chi connectivity index (χ3v) is 5.04. The molecule has 1 aliphatic heterocycles. The second-order valence-corrected chi connectivity index (χ2v) is 6.60. The number of benzene rings is 1. The van der Waals surface area contributed by atoms with E-state index in [1.807, 2.05) is 4.90 Å². The van der Waals surface area contributed by atoms with E-state index in [1.54, 1.807) is 12.1 Å². The summed E-state index contributed by atoms with van der Waals surface area (Å²) in [4.78, 5) is 30.3. The van der Waals surface area contributed by atoms with Crippen LogP contribution in [0.3, 0.4) is 0 Å². The molecule has 1 aliphatic rings. The van der Waals surface area contributed by atoms with Crippen LogP contribution in [0.1, 0.15) is 62.8 Å². The van der Waals surface area contributed by atoms with Crippen LogP contribution >= 0.6 is 0 Å². The van der Waals surface area contributed by atoms with Crippen molar-refractivity contribution in [2.75, 3.05) is 6.54 Å². The summed E-state index contributed by atoms with van der Waals surface area (Å²) in [6, 6.07) is 9.46. The van der Waals surface area contributed by atoms with Gasteiger partial charge < -0.3 is 10.6 Å². The Morgan fingerprint density at radius 2 is 1.96 bits per heavy atom. The lowest BCUT2D eigenvalue weighted by molar-refractivity contribution is 0.0604. The first kappa shape index (κ1) is 17.1. The minimum absolute atomic E-state index is 0.0683. The zero-order valence-corrected chi connectivity index (χ0v) is 14.7. The summed E-state index contributed by atoms with van der Waals surface area (Å²) in [7, 11) is 0. The van der Waals surface area contributed by atoms with Gasteiger partial charge in [0.15, 0.2) is 0 Å². The lowest BCUT2D eigenvalue weighted by Crippen LogP contribution is -2.39. The van der Waals surface area contributed by atoms with Crippen molar-refractivity contribution >= 4 is 11.8 Å². The molecule has 1 aromatic heterocycles. The molecule has 5 heteroatoms. The Morgan fingerprint density at radius 1 is 1.16 bits per heavy atom. The molecule has 25 heavy (non-hydrogen) atoms. The molecule has 2 N–H and O–H groups in total. The van der Waals surface area contributed by atoms with Crippen molar-refractivity contribution in [2.45, 2.75) is 39.2 Å². The SMILES string of the molecule is Cc1cccc(C2CCCCN2C(=O)c2ccc(C(N)=O)cn2)c1C. The number of likely N-dealkylation sites (tertiary alicyclic amines) is 1. The van der Waals surface area contributed by atoms with Crippen molar-refractivity contribution in [3.05, 3.63) is 64.5 Å². The molecule has 2 heterocycles. The smallest absolute Gasteiger partial charge is 0.272 e. The molecule has 5 nitrogen and oxygen atoms in total. The second-order valence-electron chi connectivity index (χ2n) is 6.60. The minimum atomic E-state index is -0.544. The van der Waals surface area contributed by atoms with Gasteiger partial charge in [-0.25, -0.2) is 0 Å². The number of aromatic nitrogens is 1. The maximum absolute atomic E-state index is 13.0. The van der Waals surface area contributed by atoms with Gasteiger partial charge in [0.1, 0.15) is 5.69 Å². The van der Waals surface area contributed by atoms with Crippen LogP contribution in [-0.4, -0.2) is 28.2 Å². The van der Waals surface area contributed by atoms with Crippen molar-refractivity contribution in [3.8, 4) is 0 Å². The third kappa shape index (κ3) is 3.40. The molecule has 130 valence electrons. The number of hydrogen-bond acceptors (Lipinski definition) is 3. The maximum atomic E-state index is 13.0. The number of amides is 2. The van der Waals surface area contributed by atoms with Gasteiger partial charge in [-0.05, 0) is 61.9 Å². The standard InChI is InChI=1S/C20H23N3O2/c1-13-6-5-7-16(14(13)2)18-8-3-4-11-23(18)20(25)17-10-9-15(12-22-17)19(21)24/h5-7,9-10,12,18H,3-4,8,11H2,1-2H3,(H2,21,24). The Labute approximate surface area is 147 Å². The van der Waals surface area contributed by atoms with Crippen LogP contribution in [-0.2, 0) is 0 Å². The Hall–Kier alpha value is -2.69. The molecule has 2 amide bonds. The van der Waals surface area contributed by atoms with Gasteiger partial charge >= 0.3 is 0 Å². The van der Waals surface area contributed by atoms with E-state index in [-0.39, 0.29) is 11.9 Å². The van der Waals surface area contributed by atoms with E-state index in [2.05, 4.69) is 37.0 Å². The zero-order valence-electron chi connectivity index (χ0n) is 14.7. The first-order chi connectivity index (χ1) is 12.0. The molecule has 1 saturated heterocycles. The first-order valence-corrected chi connectivity index (χ1v) is 8.62. The van der Waals surface area contributed by atoms with Crippen molar-refractivity contribution < 1.29 is 9.59 Å². The lowest BCUT2D eigenvalue weighted by atomic mass is 9.90. The fraction of sp³-hybridized carbons (Fsp3) is 0.350. The summed E-state index contributed by atoms with van der Waals surface area (Å²) < 4.78 is 0. The molecule has 3 rings (SSSR count). The fourth-order valence-electron chi connectivity index (χ4n) is 3.45. The van der Waals surface area contributed by atoms with Crippen molar-refractivity contribution in [1.29, 1.82) is 0 Å². The van der Waals surface area contributed by atoms with E-state index >= 15 is 0 Å². The number of aryl methyl sites for hydroxylation is 1. The van der Waals surface area contributed by atoms with Gasteiger partial charge in [-0.1, -0.05) is 18.2 Å². The number of nitrogens with two attached hydrogens (primary N) is 1. The molecule has 1 fully saturated rings. The van der Waals surface area contributed by atoms with Crippen LogP contribution in [0.5, 0.6) is 0 Å². The van der Waals surface area contributed by atoms with Gasteiger partial charge in [0.2, 0.25) is 5.91 Å². The van der Waals surface area contributed by atoms with E-state index in [4.69, 9.17) is 5.73 Å². The molecule has 0 radical (unpaired) electrons. The number of piperidine rings is 1. The van der Waals surface area contributed by atoms with Gasteiger partial charge in [-0.15, -0.1) is 0 Å². The first-order valence-electron chi connectivity index (χ1n) is 8.62. The topological polar surface area (TPSA) is 76.3 Å². The maximum Gasteiger partial charge on any atom is 0.272 e. The monoisotopic (exact) mass is 337 g/mol. The van der Waals surface area contributed by atoms with Gasteiger partial charge in [0.05, 0.1) is 11.6 Å². The molecular formula is C20H23N3O2. The zero-order chi connectivity index (χ0) is 18.0. The third-order valence-electron chi connectivity index (χ3n) is 5.04. The van der Waals surface area contributed by atoms with E-state index in [1.165, 1.54) is 22.9 Å². The molecule has 1 unspecified atom stereocenters. The van der Waals surface area contributed by atoms with Crippen LogP contribution in [0.2, 0.25) is 0 Å². The Bertz CT molecular complexity index is 799. The summed E-state index contributed by atoms with van der Waals surface area (Å²) in [6.45, 7) is 4.93. The van der Waals surface area contributed by atoms with Gasteiger partial charge in [-0.2, -0.15) is 0 Å². The Morgan fingerprint density at radius 3 is 2.64 bits per heavy atom. The number of carbonyl (C=O) groups is 2. The van der Waals surface area contributed by atoms with Gasteiger partial charge in [0.25, 0.3) is 5.91 Å². The van der Waals surface area contributed by atoms with Crippen LogP contribution in [0.4, 0.5) is 0 Å². The number of nitrogens with zero attached hydrogens (tertiary/aromatic N) is 2. The number of primary amides is 1. The average molecular weight is 337 g/mol. The highest BCUT2D eigenvalue weighted by molar-refractivity contribution is 5.95. The highest BCUT2D eigenvalue weighted by Crippen LogP contribution is 2.34. The number of pyridine rings is 1. The van der Waals surface area contributed by atoms with E-state index in [0.717, 1.165) is 25.8 Å². The quantitative estimate of drug-likeness (QED) is 0.934. The minimum Gasteiger partial charge on any atom is -0.366 e. The van der Waals surface area contributed by atoms with Gasteiger partial charge in [-0.3, -0.25) is 14.6 Å². The Kier molecular flexibility index (Phi) is 4.83. The molecule has 1 aromatic carbocycles. The van der Waals surface area contributed by atoms with Crippen LogP contribution in [0.25, 0.3) is 0 Å². The highest BCUT2D eigenvalue weighted by Gasteiger charge is 2.30. The van der Waals surface area contributed by atoms with E-state index < -0.39 is 5.91 Å². The van der Waals surface area contributed by atoms with E-state index in [9.17, 15) is 9.59 Å². The number of carbonyl (C=O) groups excluding carboxylic acids is 2. The molecule has 0 aliphatic carbocycles. The molecule has 2 aromatic rings. The fourth-order valence-corrected chi connectivity index (χ4v) is 3.45. The molecule has 0 spiro atoms. The summed E-state index contributed by atoms with van der Waals surface area (Å²) >= 11 is 0. The van der Waals surface area contributed by atoms with Crippen LogP contribution in [0.15, 0.2) is 36.5 Å². The summed E-state index contributed by atoms with van der Waals surface area (Å²) in [5.41, 5.74) is 9.58. The van der Waals surface area contributed by atoms with Crippen molar-refractivity contribution in [3.63, 3.8) is 0 Å². The number of rotatable bonds is 3. The second kappa shape index (κ2) is 7.05. The molecule has 1 atom stereocenters. The summed E-state index contributed by atoms with van der Waals surface area (Å²) in [6.07, 6.45) is 4.42. The highest BCUT2D eigenvalue weighted by atomic mass is 16.2. The van der Waals surface area contributed by atoms with Crippen LogP contribution in [0, 0.1) is 13.8 Å². The largest absolute Gasteiger partial charge is 0.366 e. The molecule has 0 bridgehead atoms. The van der Waals surface area contributed by atoms with Crippen LogP contribution < -0.4 is 5.73 Å². The van der Waals surface area contributed by atoms with Crippen molar-refractivity contribution in [1.82, 2.24) is 9.88 Å². The Balaban J connectivity index is 1.91. The van der Waals surface area contributed by atoms with Crippen molar-refractivity contribution in [2.24, 2.45) is 5.73 Å². The van der Waals surface area contributed by atoms with E-state index in [0.29, 0.717) is 11.3 Å². The number of hydrogen-bond donors (Lipinski definition) is 1. The van der Waals surface area contributed by atoms with Gasteiger partial charge in [0, 0.05) is 12.7 Å². The average Bonchev–Trinajstić information content (AvgIpc) is 2.63. The predicted octanol–water partition coefficient (Wildman–Crippen LogP) is 3.16. The summed E-state index contributed by atoms with van der Waals surface area (Å²) in [5.74, 6) is -0.639. The normalized spacial score (nSPS) is 17.4. The lowest BCUT2D eigenvalue weighted by Gasteiger charge is -2.37. The molecule has 0 saturated carbocycles.